The van der Waals surface area contributed by atoms with Crippen LogP contribution in [0.4, 0.5) is 0 Å². The van der Waals surface area contributed by atoms with Crippen LogP contribution in [0.2, 0.25) is 0 Å². The van der Waals surface area contributed by atoms with Gasteiger partial charge >= 0.3 is 0 Å². The third kappa shape index (κ3) is 5.61. The number of para-hydroxylation sites is 1. The minimum Gasteiger partial charge on any atom is -0.456 e. The van der Waals surface area contributed by atoms with E-state index < -0.39 is 0 Å². The Morgan fingerprint density at radius 1 is 0.339 bits per heavy atom. The molecule has 4 aromatic heterocycles. The van der Waals surface area contributed by atoms with Crippen LogP contribution in [0, 0.1) is 0 Å². The zero-order chi connectivity index (χ0) is 37.0. The van der Waals surface area contributed by atoms with Gasteiger partial charge in [0.25, 0.3) is 0 Å². The van der Waals surface area contributed by atoms with Crippen molar-refractivity contribution in [1.82, 2.24) is 24.9 Å². The summed E-state index contributed by atoms with van der Waals surface area (Å²) in [6.45, 7) is 0. The molecule has 0 bridgehead atoms. The molecule has 0 aliphatic heterocycles. The molecule has 0 spiro atoms. The van der Waals surface area contributed by atoms with Crippen molar-refractivity contribution in [1.29, 1.82) is 0 Å². The lowest BCUT2D eigenvalue weighted by Gasteiger charge is -2.10. The third-order valence-electron chi connectivity index (χ3n) is 10.2. The summed E-state index contributed by atoms with van der Waals surface area (Å²) in [5.74, 6) is 2.51. The first-order valence-corrected chi connectivity index (χ1v) is 19.2. The van der Waals surface area contributed by atoms with E-state index in [-0.39, 0.29) is 0 Å². The molecule has 0 unspecified atom stereocenters. The van der Waals surface area contributed by atoms with Crippen molar-refractivity contribution in [2.45, 2.75) is 0 Å². The maximum absolute atomic E-state index is 6.23. The second-order valence-corrected chi connectivity index (χ2v) is 14.8. The second kappa shape index (κ2) is 13.2. The van der Waals surface area contributed by atoms with Gasteiger partial charge in [0.15, 0.2) is 23.3 Å². The zero-order valence-electron chi connectivity index (χ0n) is 29.8. The first-order valence-electron chi connectivity index (χ1n) is 18.4. The van der Waals surface area contributed by atoms with Crippen LogP contribution in [0.25, 0.3) is 110 Å². The van der Waals surface area contributed by atoms with E-state index >= 15 is 0 Å². The SMILES string of the molecule is c1ccc(-c2cc(-c3ccccc3)nc(-c3ccc4sc5cc(-c6nc(-c7ccccc7)nc(-c7cccc8oc9ccccc9c78)n6)ccc5c4c3)n2)cc1. The van der Waals surface area contributed by atoms with Crippen molar-refractivity contribution >= 4 is 53.4 Å². The Balaban J connectivity index is 1.04. The van der Waals surface area contributed by atoms with Crippen molar-refractivity contribution in [2.24, 2.45) is 0 Å². The van der Waals surface area contributed by atoms with Crippen LogP contribution in [0.5, 0.6) is 0 Å². The molecule has 7 aromatic carbocycles. The molecular weight excluding hydrogens is 707 g/mol. The average Bonchev–Trinajstić information content (AvgIpc) is 3.85. The standard InChI is InChI=1S/C49H29N5OS/c1-4-13-30(14-5-1)39-29-40(31-15-6-2-7-16-31)51-47(50-39)33-24-26-43-38(27-33)35-25-23-34(28-44(35)56-43)48-52-46(32-17-8-3-9-18-32)53-49(54-48)37-20-12-22-42-45(37)36-19-10-11-21-41(36)55-42/h1-29H. The van der Waals surface area contributed by atoms with Crippen LogP contribution in [0.15, 0.2) is 180 Å². The van der Waals surface area contributed by atoms with Crippen LogP contribution in [0.3, 0.4) is 0 Å². The summed E-state index contributed by atoms with van der Waals surface area (Å²) in [5, 5.41) is 4.33. The molecule has 0 saturated carbocycles. The molecule has 0 fully saturated rings. The monoisotopic (exact) mass is 735 g/mol. The first kappa shape index (κ1) is 32.1. The second-order valence-electron chi connectivity index (χ2n) is 13.7. The van der Waals surface area contributed by atoms with E-state index in [0.29, 0.717) is 23.3 Å². The Kier molecular flexibility index (Phi) is 7.57. The Morgan fingerprint density at radius 3 is 1.64 bits per heavy atom. The van der Waals surface area contributed by atoms with Crippen LogP contribution in [0.1, 0.15) is 0 Å². The van der Waals surface area contributed by atoms with Crippen molar-refractivity contribution < 1.29 is 4.42 Å². The number of benzene rings is 7. The van der Waals surface area contributed by atoms with Crippen molar-refractivity contribution in [2.75, 3.05) is 0 Å². The molecule has 56 heavy (non-hydrogen) atoms. The fourth-order valence-corrected chi connectivity index (χ4v) is 8.57. The normalized spacial score (nSPS) is 11.6. The molecule has 0 amide bonds. The summed E-state index contributed by atoms with van der Waals surface area (Å²) in [6.07, 6.45) is 0. The van der Waals surface area contributed by atoms with Crippen LogP contribution in [-0.2, 0) is 0 Å². The molecule has 0 radical (unpaired) electrons. The molecule has 6 nitrogen and oxygen atoms in total. The number of thiophene rings is 1. The van der Waals surface area contributed by atoms with Gasteiger partial charge in [0, 0.05) is 64.3 Å². The minimum absolute atomic E-state index is 0.597. The van der Waals surface area contributed by atoms with E-state index in [1.807, 2.05) is 97.1 Å². The number of rotatable bonds is 6. The molecule has 0 aliphatic rings. The maximum Gasteiger partial charge on any atom is 0.164 e. The van der Waals surface area contributed by atoms with Gasteiger partial charge in [0.05, 0.1) is 11.4 Å². The molecule has 0 N–H and O–H groups in total. The topological polar surface area (TPSA) is 77.6 Å². The number of fused-ring (bicyclic) bond motifs is 6. The number of nitrogens with zero attached hydrogens (tertiary/aromatic N) is 5. The Bertz CT molecular complexity index is 3190. The fourth-order valence-electron chi connectivity index (χ4n) is 7.45. The van der Waals surface area contributed by atoms with E-state index in [2.05, 4.69) is 78.9 Å². The summed E-state index contributed by atoms with van der Waals surface area (Å²) in [5.41, 5.74) is 9.21. The fraction of sp³-hybridized carbons (Fsp3) is 0. The number of aromatic nitrogens is 5. The Morgan fingerprint density at radius 2 is 0.911 bits per heavy atom. The van der Waals surface area contributed by atoms with E-state index in [1.165, 1.54) is 4.70 Å². The highest BCUT2D eigenvalue weighted by Crippen LogP contribution is 2.40. The van der Waals surface area contributed by atoms with Crippen molar-refractivity contribution in [3.63, 3.8) is 0 Å². The third-order valence-corrected chi connectivity index (χ3v) is 11.3. The molecule has 262 valence electrons. The van der Waals surface area contributed by atoms with E-state index in [1.54, 1.807) is 11.3 Å². The Hall–Kier alpha value is -7.35. The Labute approximate surface area is 325 Å². The summed E-state index contributed by atoms with van der Waals surface area (Å²) in [4.78, 5) is 25.4. The highest BCUT2D eigenvalue weighted by molar-refractivity contribution is 7.25. The predicted molar refractivity (Wildman–Crippen MR) is 228 cm³/mol. The van der Waals surface area contributed by atoms with Gasteiger partial charge in [-0.2, -0.15) is 0 Å². The molecule has 0 saturated heterocycles. The lowest BCUT2D eigenvalue weighted by Crippen LogP contribution is -2.00. The molecule has 11 aromatic rings. The molecule has 0 aliphatic carbocycles. The van der Waals surface area contributed by atoms with Crippen LogP contribution in [-0.4, -0.2) is 24.9 Å². The quantitative estimate of drug-likeness (QED) is 0.169. The first-order chi connectivity index (χ1) is 27.7. The van der Waals surface area contributed by atoms with Crippen molar-refractivity contribution in [3.8, 4) is 68.1 Å². The molecule has 4 heterocycles. The van der Waals surface area contributed by atoms with Gasteiger partial charge in [-0.3, -0.25) is 0 Å². The largest absolute Gasteiger partial charge is 0.456 e. The van der Waals surface area contributed by atoms with Gasteiger partial charge in [-0.05, 0) is 42.5 Å². The van der Waals surface area contributed by atoms with Crippen LogP contribution >= 0.6 is 11.3 Å². The van der Waals surface area contributed by atoms with Gasteiger partial charge in [-0.15, -0.1) is 11.3 Å². The van der Waals surface area contributed by atoms with Gasteiger partial charge in [0.2, 0.25) is 0 Å². The maximum atomic E-state index is 6.23. The van der Waals surface area contributed by atoms with Crippen LogP contribution < -0.4 is 0 Å². The predicted octanol–water partition coefficient (Wildman–Crippen LogP) is 12.9. The van der Waals surface area contributed by atoms with E-state index in [4.69, 9.17) is 29.3 Å². The highest BCUT2D eigenvalue weighted by Gasteiger charge is 2.19. The molecular formula is C49H29N5OS. The number of hydrogen-bond acceptors (Lipinski definition) is 7. The summed E-state index contributed by atoms with van der Waals surface area (Å²) >= 11 is 1.76. The average molecular weight is 736 g/mol. The lowest BCUT2D eigenvalue weighted by atomic mass is 10.0. The van der Waals surface area contributed by atoms with Gasteiger partial charge in [-0.25, -0.2) is 24.9 Å². The number of furan rings is 1. The van der Waals surface area contributed by atoms with Crippen molar-refractivity contribution in [3.05, 3.63) is 176 Å². The van der Waals surface area contributed by atoms with E-state index in [0.717, 1.165) is 82.2 Å². The lowest BCUT2D eigenvalue weighted by molar-refractivity contribution is 0.669. The minimum atomic E-state index is 0.597. The van der Waals surface area contributed by atoms with Gasteiger partial charge in [0.1, 0.15) is 11.2 Å². The highest BCUT2D eigenvalue weighted by atomic mass is 32.1. The molecule has 0 atom stereocenters. The number of hydrogen-bond donors (Lipinski definition) is 0. The van der Waals surface area contributed by atoms with Gasteiger partial charge in [-0.1, -0.05) is 133 Å². The zero-order valence-corrected chi connectivity index (χ0v) is 30.6. The summed E-state index contributed by atoms with van der Waals surface area (Å²) < 4.78 is 8.56. The molecule has 7 heteroatoms. The molecule has 11 rings (SSSR count). The smallest absolute Gasteiger partial charge is 0.164 e. The van der Waals surface area contributed by atoms with Gasteiger partial charge < -0.3 is 4.42 Å². The van der Waals surface area contributed by atoms with E-state index in [9.17, 15) is 0 Å². The summed E-state index contributed by atoms with van der Waals surface area (Å²) in [7, 11) is 0. The summed E-state index contributed by atoms with van der Waals surface area (Å²) in [6, 6.07) is 59.9.